The van der Waals surface area contributed by atoms with Gasteiger partial charge in [0.05, 0.1) is 19.6 Å². The number of hydrogen-bond acceptors (Lipinski definition) is 4. The number of pyridine rings is 1. The number of fused-ring (bicyclic) bond motifs is 1. The van der Waals surface area contributed by atoms with E-state index in [4.69, 9.17) is 9.47 Å². The molecule has 3 aromatic rings. The fourth-order valence-electron chi connectivity index (χ4n) is 4.07. The lowest BCUT2D eigenvalue weighted by molar-refractivity contribution is 0.355. The summed E-state index contributed by atoms with van der Waals surface area (Å²) in [7, 11) is 5.11. The van der Waals surface area contributed by atoms with Crippen LogP contribution in [0.3, 0.4) is 0 Å². The summed E-state index contributed by atoms with van der Waals surface area (Å²) in [5.41, 5.74) is 2.15. The summed E-state index contributed by atoms with van der Waals surface area (Å²) in [4.78, 5) is 14.2. The van der Waals surface area contributed by atoms with Gasteiger partial charge >= 0.3 is 0 Å². The molecule has 0 spiro atoms. The normalized spacial score (nSPS) is 13.4. The lowest BCUT2D eigenvalue weighted by Crippen LogP contribution is -2.15. The van der Waals surface area contributed by atoms with Crippen molar-refractivity contribution in [2.75, 3.05) is 14.2 Å². The molecule has 0 aliphatic carbocycles. The number of nitrogens with zero attached hydrogens (tertiary/aromatic N) is 1. The molecule has 2 unspecified atom stereocenters. The monoisotopic (exact) mass is 441 g/mol. The molecule has 0 aliphatic rings. The van der Waals surface area contributed by atoms with E-state index in [9.17, 15) is 4.79 Å². The summed E-state index contributed by atoms with van der Waals surface area (Å²) >= 11 is 1.76. The first-order valence-corrected chi connectivity index (χ1v) is 12.1. The molecule has 0 N–H and O–H groups in total. The molecular weight excluding hydrogens is 406 g/mol. The number of aromatic nitrogens is 1. The second-order valence-electron chi connectivity index (χ2n) is 8.55. The zero-order valence-electron chi connectivity index (χ0n) is 19.7. The first kappa shape index (κ1) is 23.4. The highest BCUT2D eigenvalue weighted by Crippen LogP contribution is 2.38. The van der Waals surface area contributed by atoms with E-state index < -0.39 is 0 Å². The molecule has 1 aromatic carbocycles. The number of hydrogen-bond donors (Lipinski definition) is 0. The Kier molecular flexibility index (Phi) is 7.82. The predicted octanol–water partition coefficient (Wildman–Crippen LogP) is 6.68. The van der Waals surface area contributed by atoms with Crippen molar-refractivity contribution in [1.82, 2.24) is 4.57 Å². The fourth-order valence-corrected chi connectivity index (χ4v) is 5.37. The van der Waals surface area contributed by atoms with E-state index in [1.807, 2.05) is 31.4 Å². The second-order valence-corrected chi connectivity index (χ2v) is 9.69. The molecule has 0 amide bonds. The minimum Gasteiger partial charge on any atom is -0.493 e. The van der Waals surface area contributed by atoms with Gasteiger partial charge in [-0.1, -0.05) is 46.1 Å². The Hall–Kier alpha value is -2.27. The molecule has 168 valence electrons. The van der Waals surface area contributed by atoms with Gasteiger partial charge in [0.2, 0.25) is 0 Å². The molecule has 2 aromatic heterocycles. The van der Waals surface area contributed by atoms with Crippen molar-refractivity contribution >= 4 is 21.4 Å². The van der Waals surface area contributed by atoms with Crippen LogP contribution in [0.25, 0.3) is 21.2 Å². The van der Waals surface area contributed by atoms with Crippen molar-refractivity contribution < 1.29 is 9.47 Å². The quantitative estimate of drug-likeness (QED) is 0.352. The van der Waals surface area contributed by atoms with Crippen LogP contribution in [0.5, 0.6) is 11.5 Å². The average Bonchev–Trinajstić information content (AvgIpc) is 3.22. The third-order valence-electron chi connectivity index (χ3n) is 6.43. The lowest BCUT2D eigenvalue weighted by atomic mass is 9.91. The Morgan fingerprint density at radius 1 is 1.03 bits per heavy atom. The lowest BCUT2D eigenvalue weighted by Gasteiger charge is -2.16. The molecule has 4 nitrogen and oxygen atoms in total. The van der Waals surface area contributed by atoms with E-state index in [1.165, 1.54) is 30.6 Å². The molecule has 31 heavy (non-hydrogen) atoms. The summed E-state index contributed by atoms with van der Waals surface area (Å²) in [6.07, 6.45) is 7.92. The number of rotatable bonds is 10. The largest absolute Gasteiger partial charge is 0.493 e. The third kappa shape index (κ3) is 5.15. The average molecular weight is 442 g/mol. The summed E-state index contributed by atoms with van der Waals surface area (Å²) in [5, 5.41) is 0.812. The third-order valence-corrected chi connectivity index (χ3v) is 7.62. The van der Waals surface area contributed by atoms with Crippen LogP contribution in [0.1, 0.15) is 51.3 Å². The zero-order chi connectivity index (χ0) is 22.5. The second kappa shape index (κ2) is 10.4. The Morgan fingerprint density at radius 3 is 2.42 bits per heavy atom. The molecule has 5 heteroatoms. The smallest absolute Gasteiger partial charge is 0.259 e. The minimum atomic E-state index is 0.0642. The maximum Gasteiger partial charge on any atom is 0.259 e. The van der Waals surface area contributed by atoms with Crippen LogP contribution in [-0.4, -0.2) is 18.8 Å². The van der Waals surface area contributed by atoms with Crippen molar-refractivity contribution in [2.45, 2.75) is 52.9 Å². The van der Waals surface area contributed by atoms with Crippen molar-refractivity contribution in [3.05, 3.63) is 45.7 Å². The van der Waals surface area contributed by atoms with E-state index in [1.54, 1.807) is 30.1 Å². The van der Waals surface area contributed by atoms with Gasteiger partial charge in [-0.25, -0.2) is 0 Å². The van der Waals surface area contributed by atoms with Crippen LogP contribution in [0.2, 0.25) is 0 Å². The van der Waals surface area contributed by atoms with Gasteiger partial charge in [0.25, 0.3) is 5.56 Å². The van der Waals surface area contributed by atoms with Crippen LogP contribution in [0, 0.1) is 11.8 Å². The molecule has 0 radical (unpaired) electrons. The molecule has 2 heterocycles. The van der Waals surface area contributed by atoms with Gasteiger partial charge < -0.3 is 14.0 Å². The Balaban J connectivity index is 2.00. The molecule has 0 aliphatic heterocycles. The molecule has 2 atom stereocenters. The van der Waals surface area contributed by atoms with E-state index >= 15 is 0 Å². The zero-order valence-corrected chi connectivity index (χ0v) is 20.5. The van der Waals surface area contributed by atoms with Crippen LogP contribution in [0.4, 0.5) is 0 Å². The fraction of sp³-hybridized carbons (Fsp3) is 0.500. The highest BCUT2D eigenvalue weighted by molar-refractivity contribution is 7.19. The van der Waals surface area contributed by atoms with Gasteiger partial charge in [-0.15, -0.1) is 11.3 Å². The van der Waals surface area contributed by atoms with Gasteiger partial charge in [0, 0.05) is 28.4 Å². The van der Waals surface area contributed by atoms with Gasteiger partial charge in [-0.2, -0.15) is 0 Å². The number of ether oxygens (including phenoxy) is 2. The van der Waals surface area contributed by atoms with Crippen molar-refractivity contribution in [3.8, 4) is 22.6 Å². The van der Waals surface area contributed by atoms with E-state index in [0.29, 0.717) is 17.4 Å². The Bertz CT molecular complexity index is 1080. The van der Waals surface area contributed by atoms with Gasteiger partial charge in [0.1, 0.15) is 0 Å². The minimum absolute atomic E-state index is 0.0642. The maximum absolute atomic E-state index is 12.9. The predicted molar refractivity (Wildman–Crippen MR) is 132 cm³/mol. The Labute approximate surface area is 189 Å². The molecule has 0 saturated heterocycles. The number of methoxy groups -OCH3 is 2. The topological polar surface area (TPSA) is 40.5 Å². The van der Waals surface area contributed by atoms with Crippen molar-refractivity contribution in [3.63, 3.8) is 0 Å². The summed E-state index contributed by atoms with van der Waals surface area (Å²) < 4.78 is 13.6. The highest BCUT2D eigenvalue weighted by atomic mass is 32.1. The van der Waals surface area contributed by atoms with E-state index in [-0.39, 0.29) is 5.56 Å². The van der Waals surface area contributed by atoms with Crippen LogP contribution < -0.4 is 15.0 Å². The van der Waals surface area contributed by atoms with Gasteiger partial charge in [-0.05, 0) is 48.4 Å². The molecular formula is C26H35NO3S. The van der Waals surface area contributed by atoms with Crippen molar-refractivity contribution in [1.29, 1.82) is 0 Å². The van der Waals surface area contributed by atoms with Crippen molar-refractivity contribution in [2.24, 2.45) is 18.9 Å². The first-order valence-electron chi connectivity index (χ1n) is 11.3. The van der Waals surface area contributed by atoms with Crippen LogP contribution in [0.15, 0.2) is 35.3 Å². The molecule has 3 rings (SSSR count). The molecule has 0 bridgehead atoms. The maximum atomic E-state index is 12.9. The van der Waals surface area contributed by atoms with Crippen LogP contribution >= 0.6 is 11.3 Å². The van der Waals surface area contributed by atoms with Gasteiger partial charge in [-0.3, -0.25) is 4.79 Å². The number of thiophene rings is 1. The SMILES string of the molecule is CCC(C)CCC(CC)Cc1cc2c(=O)n(C)cc(-c3ccc(OC)c(OC)c3)c2s1. The van der Waals surface area contributed by atoms with E-state index in [0.717, 1.165) is 33.6 Å². The number of aryl methyl sites for hydroxylation is 1. The van der Waals surface area contributed by atoms with E-state index in [2.05, 4.69) is 26.8 Å². The summed E-state index contributed by atoms with van der Waals surface area (Å²) in [5.74, 6) is 2.83. The Morgan fingerprint density at radius 2 is 1.77 bits per heavy atom. The van der Waals surface area contributed by atoms with Gasteiger partial charge in [0.15, 0.2) is 11.5 Å². The molecule has 0 fully saturated rings. The first-order chi connectivity index (χ1) is 14.9. The molecule has 0 saturated carbocycles. The summed E-state index contributed by atoms with van der Waals surface area (Å²) in [6.45, 7) is 6.89. The highest BCUT2D eigenvalue weighted by Gasteiger charge is 2.17. The van der Waals surface area contributed by atoms with Crippen LogP contribution in [-0.2, 0) is 13.5 Å². The summed E-state index contributed by atoms with van der Waals surface area (Å²) in [6, 6.07) is 8.06. The number of benzene rings is 1. The standard InChI is InChI=1S/C26H35NO3S/c1-7-17(3)9-10-18(8-2)13-20-15-21-25(31-20)22(16-27(4)26(21)28)19-11-12-23(29-5)24(14-19)30-6/h11-12,14-18H,7-10,13H2,1-6H3.